The molecule has 0 fully saturated rings. The lowest BCUT2D eigenvalue weighted by Gasteiger charge is -2.09. The van der Waals surface area contributed by atoms with Crippen LogP contribution in [0.25, 0.3) is 0 Å². The molecule has 0 saturated carbocycles. The van der Waals surface area contributed by atoms with Gasteiger partial charge < -0.3 is 5.32 Å². The Hall–Kier alpha value is -2.32. The third kappa shape index (κ3) is 3.16. The monoisotopic (exact) mass is 291 g/mol. The van der Waals surface area contributed by atoms with Gasteiger partial charge in [-0.05, 0) is 17.7 Å². The van der Waals surface area contributed by atoms with Crippen LogP contribution >= 0.6 is 11.6 Å². The Kier molecular flexibility index (Phi) is 4.38. The van der Waals surface area contributed by atoms with Crippen molar-refractivity contribution in [1.29, 1.82) is 0 Å². The van der Waals surface area contributed by atoms with Gasteiger partial charge in [-0.25, -0.2) is 9.07 Å². The minimum atomic E-state index is -0.410. The summed E-state index contributed by atoms with van der Waals surface area (Å²) in [6.45, 7) is 0.331. The number of nitrogens with zero attached hydrogens (tertiary/aromatic N) is 2. The normalized spacial score (nSPS) is 10.1. The highest BCUT2D eigenvalue weighted by Gasteiger charge is 2.09. The molecular weight excluding hydrogens is 281 g/mol. The summed E-state index contributed by atoms with van der Waals surface area (Å²) in [5.41, 5.74) is 0.480. The van der Waals surface area contributed by atoms with Gasteiger partial charge in [0.25, 0.3) is 5.56 Å². The lowest BCUT2D eigenvalue weighted by Crippen LogP contribution is -2.25. The van der Waals surface area contributed by atoms with Crippen LogP contribution in [-0.4, -0.2) is 9.78 Å². The zero-order valence-electron chi connectivity index (χ0n) is 10.4. The third-order valence-corrected chi connectivity index (χ3v) is 2.88. The van der Waals surface area contributed by atoms with Crippen molar-refractivity contribution in [3.63, 3.8) is 0 Å². The maximum Gasteiger partial charge on any atom is 0.292 e. The zero-order valence-corrected chi connectivity index (χ0v) is 11.2. The molecule has 4 nitrogen and oxygen atoms in total. The molecule has 0 aliphatic rings. The Morgan fingerprint density at radius 2 is 2.30 bits per heavy atom. The van der Waals surface area contributed by atoms with E-state index < -0.39 is 5.56 Å². The van der Waals surface area contributed by atoms with E-state index in [1.54, 1.807) is 12.1 Å². The van der Waals surface area contributed by atoms with Gasteiger partial charge in [-0.2, -0.15) is 5.10 Å². The summed E-state index contributed by atoms with van der Waals surface area (Å²) >= 11 is 5.94. The van der Waals surface area contributed by atoms with Gasteiger partial charge in [-0.1, -0.05) is 29.7 Å². The van der Waals surface area contributed by atoms with Gasteiger partial charge in [-0.15, -0.1) is 6.42 Å². The molecule has 0 saturated heterocycles. The van der Waals surface area contributed by atoms with E-state index >= 15 is 0 Å². The van der Waals surface area contributed by atoms with Crippen molar-refractivity contribution in [2.24, 2.45) is 0 Å². The Bertz CT molecular complexity index is 721. The van der Waals surface area contributed by atoms with Crippen LogP contribution < -0.4 is 10.9 Å². The maximum absolute atomic E-state index is 13.1. The number of hydrogen-bond donors (Lipinski definition) is 1. The average Bonchev–Trinajstić information content (AvgIpc) is 2.42. The van der Waals surface area contributed by atoms with E-state index in [-0.39, 0.29) is 29.6 Å². The first-order valence-electron chi connectivity index (χ1n) is 5.79. The third-order valence-electron chi connectivity index (χ3n) is 2.60. The van der Waals surface area contributed by atoms with Crippen LogP contribution in [0.15, 0.2) is 35.3 Å². The van der Waals surface area contributed by atoms with Crippen LogP contribution in [0.4, 0.5) is 10.1 Å². The van der Waals surface area contributed by atoms with E-state index in [2.05, 4.69) is 16.3 Å². The summed E-state index contributed by atoms with van der Waals surface area (Å²) in [4.78, 5) is 12.1. The van der Waals surface area contributed by atoms with Crippen molar-refractivity contribution < 1.29 is 4.39 Å². The van der Waals surface area contributed by atoms with Crippen molar-refractivity contribution in [3.05, 3.63) is 57.2 Å². The van der Waals surface area contributed by atoms with Gasteiger partial charge in [0, 0.05) is 6.54 Å². The molecule has 0 unspecified atom stereocenters. The minimum absolute atomic E-state index is 0.0602. The number of nitrogens with one attached hydrogen (secondary N) is 1. The lowest BCUT2D eigenvalue weighted by atomic mass is 10.2. The molecule has 0 aliphatic heterocycles. The molecule has 0 aliphatic carbocycles. The second-order valence-corrected chi connectivity index (χ2v) is 4.43. The maximum atomic E-state index is 13.1. The number of terminal acetylenes is 1. The second kappa shape index (κ2) is 6.22. The zero-order chi connectivity index (χ0) is 14.5. The van der Waals surface area contributed by atoms with Crippen LogP contribution in [0.1, 0.15) is 5.56 Å². The van der Waals surface area contributed by atoms with Crippen molar-refractivity contribution >= 4 is 17.3 Å². The van der Waals surface area contributed by atoms with E-state index in [0.717, 1.165) is 4.68 Å². The summed E-state index contributed by atoms with van der Waals surface area (Å²) in [5.74, 6) is 1.99. The van der Waals surface area contributed by atoms with Gasteiger partial charge in [0.05, 0.1) is 11.2 Å². The number of rotatable bonds is 4. The summed E-state index contributed by atoms with van der Waals surface area (Å²) in [6.07, 6.45) is 6.50. The van der Waals surface area contributed by atoms with E-state index in [4.69, 9.17) is 18.0 Å². The molecule has 2 rings (SSSR count). The van der Waals surface area contributed by atoms with Crippen molar-refractivity contribution in [2.45, 2.75) is 13.1 Å². The van der Waals surface area contributed by atoms with Crippen molar-refractivity contribution in [1.82, 2.24) is 9.78 Å². The van der Waals surface area contributed by atoms with Crippen LogP contribution in [0.5, 0.6) is 0 Å². The fourth-order valence-electron chi connectivity index (χ4n) is 1.67. The fraction of sp³-hybridized carbons (Fsp3) is 0.143. The Labute approximate surface area is 120 Å². The Morgan fingerprint density at radius 3 is 3.00 bits per heavy atom. The van der Waals surface area contributed by atoms with Gasteiger partial charge >= 0.3 is 0 Å². The first-order valence-corrected chi connectivity index (χ1v) is 6.17. The Balaban J connectivity index is 2.23. The van der Waals surface area contributed by atoms with Gasteiger partial charge in [0.1, 0.15) is 18.0 Å². The highest BCUT2D eigenvalue weighted by Crippen LogP contribution is 2.16. The summed E-state index contributed by atoms with van der Waals surface area (Å²) in [5, 5.41) is 6.90. The van der Waals surface area contributed by atoms with Crippen LogP contribution in [0.3, 0.4) is 0 Å². The minimum Gasteiger partial charge on any atom is -0.375 e. The standard InChI is InChI=1S/C14H11ClFN3O/c1-2-6-19-14(20)13(12(15)9-18-19)17-8-10-4-3-5-11(16)7-10/h1,3-5,7,9,17H,6,8H2. The molecule has 1 N–H and O–H groups in total. The fourth-order valence-corrected chi connectivity index (χ4v) is 1.86. The summed E-state index contributed by atoms with van der Waals surface area (Å²) in [7, 11) is 0. The van der Waals surface area contributed by atoms with Crippen molar-refractivity contribution in [3.8, 4) is 12.3 Å². The largest absolute Gasteiger partial charge is 0.375 e. The molecular formula is C14H11ClFN3O. The highest BCUT2D eigenvalue weighted by molar-refractivity contribution is 6.32. The number of benzene rings is 1. The molecule has 0 bridgehead atoms. The molecule has 2 aromatic rings. The van der Waals surface area contributed by atoms with Gasteiger partial charge in [0.2, 0.25) is 0 Å². The summed E-state index contributed by atoms with van der Waals surface area (Å²) < 4.78 is 14.2. The van der Waals surface area contributed by atoms with Gasteiger partial charge in [0.15, 0.2) is 0 Å². The van der Waals surface area contributed by atoms with E-state index in [1.165, 1.54) is 18.3 Å². The van der Waals surface area contributed by atoms with Crippen LogP contribution in [-0.2, 0) is 13.1 Å². The van der Waals surface area contributed by atoms with Gasteiger partial charge in [-0.3, -0.25) is 4.79 Å². The molecule has 0 radical (unpaired) electrons. The number of anilines is 1. The molecule has 6 heteroatoms. The first-order chi connectivity index (χ1) is 9.61. The van der Waals surface area contributed by atoms with E-state index in [0.29, 0.717) is 5.56 Å². The smallest absolute Gasteiger partial charge is 0.292 e. The average molecular weight is 292 g/mol. The molecule has 20 heavy (non-hydrogen) atoms. The Morgan fingerprint density at radius 1 is 1.50 bits per heavy atom. The second-order valence-electron chi connectivity index (χ2n) is 4.02. The molecule has 1 aromatic heterocycles. The van der Waals surface area contributed by atoms with E-state index in [9.17, 15) is 9.18 Å². The molecule has 0 atom stereocenters. The van der Waals surface area contributed by atoms with Crippen molar-refractivity contribution in [2.75, 3.05) is 5.32 Å². The van der Waals surface area contributed by atoms with Crippen LogP contribution in [0.2, 0.25) is 5.02 Å². The SMILES string of the molecule is C#CCn1ncc(Cl)c(NCc2cccc(F)c2)c1=O. The highest BCUT2D eigenvalue weighted by atomic mass is 35.5. The first kappa shape index (κ1) is 14.1. The lowest BCUT2D eigenvalue weighted by molar-refractivity contribution is 0.626. The van der Waals surface area contributed by atoms with Crippen LogP contribution in [0, 0.1) is 18.2 Å². The van der Waals surface area contributed by atoms with E-state index in [1.807, 2.05) is 0 Å². The topological polar surface area (TPSA) is 46.9 Å². The molecule has 102 valence electrons. The molecule has 0 amide bonds. The molecule has 1 heterocycles. The number of hydrogen-bond acceptors (Lipinski definition) is 3. The summed E-state index contributed by atoms with van der Waals surface area (Å²) in [6, 6.07) is 6.06. The quantitative estimate of drug-likeness (QED) is 0.879. The molecule has 0 spiro atoms. The predicted octanol–water partition coefficient (Wildman–Crippen LogP) is 2.28. The molecule has 1 aromatic carbocycles. The predicted molar refractivity (Wildman–Crippen MR) is 76.1 cm³/mol. The number of aromatic nitrogens is 2. The number of halogens is 2.